The molecule has 5 nitrogen and oxygen atoms in total. The maximum absolute atomic E-state index is 12.9. The van der Waals surface area contributed by atoms with Crippen LogP contribution in [0, 0.1) is 0 Å². The molecule has 0 saturated carbocycles. The van der Waals surface area contributed by atoms with Gasteiger partial charge >= 0.3 is 6.18 Å². The third-order valence-corrected chi connectivity index (χ3v) is 4.80. The van der Waals surface area contributed by atoms with Gasteiger partial charge in [-0.1, -0.05) is 35.9 Å². The van der Waals surface area contributed by atoms with Crippen molar-refractivity contribution in [3.63, 3.8) is 0 Å². The summed E-state index contributed by atoms with van der Waals surface area (Å²) < 4.78 is 40.0. The Hall–Kier alpha value is -3.00. The molecular weight excluding hydrogens is 405 g/mol. The summed E-state index contributed by atoms with van der Waals surface area (Å²) in [5.74, 6) is 0.279. The third-order valence-electron chi connectivity index (χ3n) is 4.57. The smallest absolute Gasteiger partial charge is 0.416 e. The lowest BCUT2D eigenvalue weighted by Crippen LogP contribution is -2.26. The summed E-state index contributed by atoms with van der Waals surface area (Å²) in [6, 6.07) is 11.8. The van der Waals surface area contributed by atoms with Gasteiger partial charge in [0.25, 0.3) is 0 Å². The molecule has 0 amide bonds. The van der Waals surface area contributed by atoms with Crippen molar-refractivity contribution < 1.29 is 18.3 Å². The summed E-state index contributed by atoms with van der Waals surface area (Å²) in [6.07, 6.45) is -4.12. The molecule has 0 spiro atoms. The first kappa shape index (κ1) is 19.3. The molecule has 0 radical (unpaired) electrons. The molecule has 2 heterocycles. The number of hydrogen-bond donors (Lipinski definition) is 2. The number of nitrogens with zero attached hydrogens (tertiary/aromatic N) is 3. The highest BCUT2D eigenvalue weighted by Crippen LogP contribution is 2.35. The summed E-state index contributed by atoms with van der Waals surface area (Å²) in [4.78, 5) is 4.26. The van der Waals surface area contributed by atoms with Crippen LogP contribution in [0.25, 0.3) is 11.3 Å². The van der Waals surface area contributed by atoms with Gasteiger partial charge in [0.05, 0.1) is 12.1 Å². The molecule has 0 aliphatic carbocycles. The van der Waals surface area contributed by atoms with Crippen molar-refractivity contribution >= 4 is 17.6 Å². The fraction of sp³-hybridized carbons (Fsp3) is 0.200. The van der Waals surface area contributed by atoms with E-state index in [9.17, 15) is 18.3 Å². The maximum Gasteiger partial charge on any atom is 0.416 e. The van der Waals surface area contributed by atoms with Gasteiger partial charge in [0.2, 0.25) is 11.8 Å². The van der Waals surface area contributed by atoms with Crippen molar-refractivity contribution in [2.45, 2.75) is 12.6 Å². The fourth-order valence-electron chi connectivity index (χ4n) is 3.18. The lowest BCUT2D eigenvalue weighted by molar-refractivity contribution is -0.137. The highest BCUT2D eigenvalue weighted by molar-refractivity contribution is 6.30. The first-order valence-corrected chi connectivity index (χ1v) is 9.22. The van der Waals surface area contributed by atoms with Crippen molar-refractivity contribution in [1.82, 2.24) is 15.1 Å². The van der Waals surface area contributed by atoms with E-state index in [-0.39, 0.29) is 5.88 Å². The fourth-order valence-corrected chi connectivity index (χ4v) is 3.39. The number of aromatic nitrogens is 2. The van der Waals surface area contributed by atoms with Gasteiger partial charge in [-0.25, -0.2) is 4.99 Å². The summed E-state index contributed by atoms with van der Waals surface area (Å²) in [5, 5.41) is 18.8. The molecule has 29 heavy (non-hydrogen) atoms. The molecule has 1 aromatic heterocycles. The Balaban J connectivity index is 1.80. The Bertz CT molecular complexity index is 1070. The predicted octanol–water partition coefficient (Wildman–Crippen LogP) is 4.33. The van der Waals surface area contributed by atoms with Crippen LogP contribution < -0.4 is 5.32 Å². The van der Waals surface area contributed by atoms with Crippen LogP contribution in [-0.2, 0) is 12.6 Å². The summed E-state index contributed by atoms with van der Waals surface area (Å²) >= 11 is 6.06. The Morgan fingerprint density at radius 2 is 1.90 bits per heavy atom. The highest BCUT2D eigenvalue weighted by Gasteiger charge is 2.30. The highest BCUT2D eigenvalue weighted by atomic mass is 35.5. The number of aromatic hydroxyl groups is 1. The van der Waals surface area contributed by atoms with Gasteiger partial charge in [0, 0.05) is 29.1 Å². The number of halogens is 4. The van der Waals surface area contributed by atoms with Crippen molar-refractivity contribution in [1.29, 1.82) is 0 Å². The number of hydrogen-bond acceptors (Lipinski definition) is 4. The molecule has 0 saturated heterocycles. The van der Waals surface area contributed by atoms with Crippen LogP contribution in [0.3, 0.4) is 0 Å². The summed E-state index contributed by atoms with van der Waals surface area (Å²) in [6.45, 7) is 1.17. The van der Waals surface area contributed by atoms with Gasteiger partial charge in [-0.15, -0.1) is 0 Å². The van der Waals surface area contributed by atoms with Crippen molar-refractivity contribution in [2.75, 3.05) is 13.1 Å². The van der Waals surface area contributed by atoms with Crippen LogP contribution in [0.15, 0.2) is 53.5 Å². The van der Waals surface area contributed by atoms with Crippen LogP contribution in [-0.4, -0.2) is 33.9 Å². The predicted molar refractivity (Wildman–Crippen MR) is 104 cm³/mol. The number of nitrogens with one attached hydrogen (secondary N) is 1. The van der Waals surface area contributed by atoms with Gasteiger partial charge in [-0.3, -0.25) is 0 Å². The minimum atomic E-state index is -4.42. The van der Waals surface area contributed by atoms with Crippen LogP contribution >= 0.6 is 11.6 Å². The average Bonchev–Trinajstić information content (AvgIpc) is 3.30. The molecule has 0 fully saturated rings. The topological polar surface area (TPSA) is 62.4 Å². The van der Waals surface area contributed by atoms with Crippen molar-refractivity contribution in [3.8, 4) is 17.1 Å². The molecule has 2 N–H and O–H groups in total. The second kappa shape index (κ2) is 7.44. The van der Waals surface area contributed by atoms with E-state index in [2.05, 4.69) is 15.4 Å². The normalized spacial score (nSPS) is 14.0. The largest absolute Gasteiger partial charge is 0.493 e. The Morgan fingerprint density at radius 1 is 1.14 bits per heavy atom. The molecule has 0 atom stereocenters. The zero-order chi connectivity index (χ0) is 20.6. The second-order valence-electron chi connectivity index (χ2n) is 6.58. The van der Waals surface area contributed by atoms with E-state index >= 15 is 0 Å². The molecule has 3 aromatic rings. The van der Waals surface area contributed by atoms with Gasteiger partial charge in [0.1, 0.15) is 5.69 Å². The molecule has 150 valence electrons. The third kappa shape index (κ3) is 3.93. The molecule has 2 aromatic carbocycles. The van der Waals surface area contributed by atoms with E-state index in [1.807, 2.05) is 6.07 Å². The summed E-state index contributed by atoms with van der Waals surface area (Å²) in [5.41, 5.74) is 1.41. The SMILES string of the molecule is Oc1c(Cc2cccc(Cl)c2)c(-c2ccc(C(F)(F)F)cc2)nn1C1=NCCN1. The molecule has 1 aliphatic rings. The van der Waals surface area contributed by atoms with E-state index in [1.165, 1.54) is 16.8 Å². The van der Waals surface area contributed by atoms with E-state index < -0.39 is 11.7 Å². The molecule has 4 rings (SSSR count). The van der Waals surface area contributed by atoms with Crippen molar-refractivity contribution in [2.24, 2.45) is 4.99 Å². The standard InChI is InChI=1S/C20H16ClF3N4O/c21-15-3-1-2-12(10-15)11-16-17(13-4-6-14(7-5-13)20(22,23)24)27-28(18(16)29)19-25-8-9-26-19/h1-7,10,29H,8-9,11H2,(H,25,26). The van der Waals surface area contributed by atoms with E-state index in [0.29, 0.717) is 47.3 Å². The Kier molecular flexibility index (Phi) is 4.96. The van der Waals surface area contributed by atoms with E-state index in [0.717, 1.165) is 17.7 Å². The first-order valence-electron chi connectivity index (χ1n) is 8.84. The average molecular weight is 421 g/mol. The minimum Gasteiger partial charge on any atom is -0.493 e. The molecule has 0 unspecified atom stereocenters. The van der Waals surface area contributed by atoms with Gasteiger partial charge in [0.15, 0.2) is 0 Å². The zero-order valence-electron chi connectivity index (χ0n) is 15.0. The Labute approximate surface area is 169 Å². The van der Waals surface area contributed by atoms with Crippen LogP contribution in [0.1, 0.15) is 16.7 Å². The number of rotatable bonds is 3. The quantitative estimate of drug-likeness (QED) is 0.663. The molecular formula is C20H16ClF3N4O. The lowest BCUT2D eigenvalue weighted by atomic mass is 10.0. The number of alkyl halides is 3. The zero-order valence-corrected chi connectivity index (χ0v) is 15.8. The maximum atomic E-state index is 12.9. The van der Waals surface area contributed by atoms with Crippen molar-refractivity contribution in [3.05, 3.63) is 70.2 Å². The van der Waals surface area contributed by atoms with Crippen LogP contribution in [0.4, 0.5) is 13.2 Å². The Morgan fingerprint density at radius 3 is 2.52 bits per heavy atom. The lowest BCUT2D eigenvalue weighted by Gasteiger charge is -2.08. The van der Waals surface area contributed by atoms with Gasteiger partial charge in [-0.05, 0) is 29.8 Å². The summed E-state index contributed by atoms with van der Waals surface area (Å²) in [7, 11) is 0. The van der Waals surface area contributed by atoms with Crippen LogP contribution in [0.2, 0.25) is 5.02 Å². The minimum absolute atomic E-state index is 0.118. The molecule has 9 heteroatoms. The van der Waals surface area contributed by atoms with Crippen LogP contribution in [0.5, 0.6) is 5.88 Å². The monoisotopic (exact) mass is 420 g/mol. The first-order chi connectivity index (χ1) is 13.8. The number of aliphatic imine (C=N–C) groups is 1. The van der Waals surface area contributed by atoms with E-state index in [4.69, 9.17) is 11.6 Å². The van der Waals surface area contributed by atoms with Gasteiger partial charge in [-0.2, -0.15) is 23.0 Å². The second-order valence-corrected chi connectivity index (χ2v) is 7.01. The van der Waals surface area contributed by atoms with Gasteiger partial charge < -0.3 is 10.4 Å². The molecule has 1 aliphatic heterocycles. The molecule has 0 bridgehead atoms. The van der Waals surface area contributed by atoms with E-state index in [1.54, 1.807) is 18.2 Å². The number of benzene rings is 2.